The number of aromatic nitrogens is 32. The van der Waals surface area contributed by atoms with Crippen molar-refractivity contribution in [2.75, 3.05) is 46.7 Å². The number of rotatable bonds is 0. The molecule has 0 saturated carbocycles. The summed E-state index contributed by atoms with van der Waals surface area (Å²) in [4.78, 5) is 7.11. The molecule has 66 heteroatoms. The zero-order chi connectivity index (χ0) is 53.2. The van der Waals surface area contributed by atoms with Crippen molar-refractivity contribution in [1.29, 1.82) is 0 Å². The van der Waals surface area contributed by atoms with Crippen LogP contribution < -0.4 is 121 Å². The molecule has 74 heavy (non-hydrogen) atoms. The summed E-state index contributed by atoms with van der Waals surface area (Å²) in [5.74, 6) is 39.3. The van der Waals surface area contributed by atoms with E-state index in [1.165, 1.54) is 50.6 Å². The third-order valence-electron chi connectivity index (χ3n) is 2.92. The van der Waals surface area contributed by atoms with Crippen molar-refractivity contribution in [3.05, 3.63) is 50.6 Å². The number of nitrogens with two attached hydrogens (primary N) is 8. The molecule has 0 bridgehead atoms. The van der Waals surface area contributed by atoms with E-state index in [0.29, 0.717) is 0 Å². The van der Waals surface area contributed by atoms with Crippen LogP contribution in [0, 0.1) is 41.0 Å². The Morgan fingerprint density at radius 1 is 0.216 bits per heavy atom. The normalized spacial score (nSPS) is 8.86. The fourth-order valence-corrected chi connectivity index (χ4v) is 1.40. The van der Waals surface area contributed by atoms with E-state index in [0.717, 1.165) is 39.2 Å². The maximum absolute atomic E-state index is 8.49. The summed E-state index contributed by atoms with van der Waals surface area (Å²) in [5, 5.41) is 79.5. The van der Waals surface area contributed by atoms with Crippen molar-refractivity contribution in [2.24, 2.45) is 0 Å². The Hall–Kier alpha value is -7.64. The van der Waals surface area contributed by atoms with E-state index in [1.807, 2.05) is 0 Å². The molecular weight excluding hydrogens is 1230 g/mol. The smallest absolute Gasteiger partial charge is 0.457 e. The first kappa shape index (κ1) is 89.2. The van der Waals surface area contributed by atoms with Gasteiger partial charge in [0.15, 0.2) is 50.6 Å². The van der Waals surface area contributed by atoms with Gasteiger partial charge in [-0.15, -0.1) is 123 Å². The first-order valence-corrected chi connectivity index (χ1v) is 18.4. The average molecular weight is 1260 g/mol. The van der Waals surface area contributed by atoms with Crippen LogP contribution in [-0.2, 0) is 56.0 Å². The zero-order valence-electron chi connectivity index (χ0n) is 34.7. The van der Waals surface area contributed by atoms with Gasteiger partial charge in [0.1, 0.15) is 0 Å². The quantitative estimate of drug-likeness (QED) is 0.0397. The van der Waals surface area contributed by atoms with Crippen molar-refractivity contribution in [1.82, 2.24) is 163 Å². The van der Waals surface area contributed by atoms with Crippen LogP contribution in [0.25, 0.3) is 0 Å². The molecule has 8 aromatic heterocycles. The van der Waals surface area contributed by atoms with Crippen LogP contribution in [-0.4, -0.2) is 163 Å². The number of nitrogen functional groups attached to an aromatic ring is 8. The first-order valence-electron chi connectivity index (χ1n) is 13.5. The number of nitrogens with zero attached hydrogens (tertiary/aromatic N) is 32. The van der Waals surface area contributed by atoms with Crippen molar-refractivity contribution in [3.63, 3.8) is 0 Å². The molecule has 0 aromatic carbocycles. The second-order valence-electron chi connectivity index (χ2n) is 7.56. The zero-order valence-corrected chi connectivity index (χ0v) is 40.0. The molecule has 8 heterocycles. The van der Waals surface area contributed by atoms with Crippen molar-refractivity contribution in [3.8, 4) is 0 Å². The fourth-order valence-electron chi connectivity index (χ4n) is 1.40. The molecule has 0 amide bonds. The molecule has 426 valence electrons. The summed E-state index contributed by atoms with van der Waals surface area (Å²) in [6.07, 6.45) is 10.1. The van der Waals surface area contributed by atoms with Crippen molar-refractivity contribution in [2.45, 2.75) is 0 Å². The molecule has 8 rings (SSSR count). The van der Waals surface area contributed by atoms with Crippen LogP contribution in [0.15, 0.2) is 50.6 Å². The SMILES string of the molecule is Nn1ncnn1.Nn1ncnn1.Nn1ncnn1.Nn1ncnn1.Nn1ncnn1.Nn1ncnn1.Nn1ncnn1.Nn1ncnn1.[Mn+2].[Mn+2].[O-][Cl+3]([O-])([O-])[O-].[O-][Cl+3]([O-])([O-])[O-].[O-][Cl+3]([O-])([O-])[O-].[O-][Cl+3]([O-])([O-])[O-].[OH3+].[OH3+].[OH3+].[OH3+]. The van der Waals surface area contributed by atoms with Gasteiger partial charge in [0.25, 0.3) is 0 Å². The Morgan fingerprint density at radius 2 is 0.284 bits per heavy atom. The molecule has 2 radical (unpaired) electrons. The first-order chi connectivity index (χ1) is 31.2. The second kappa shape index (κ2) is 51.7. The van der Waals surface area contributed by atoms with Gasteiger partial charge < -0.3 is 68.6 Å². The predicted molar refractivity (Wildman–Crippen MR) is 163 cm³/mol. The summed E-state index contributed by atoms with van der Waals surface area (Å²) in [5.41, 5.74) is 0. The minimum Gasteiger partial charge on any atom is -0.457 e. The van der Waals surface area contributed by atoms with E-state index in [4.69, 9.17) is 121 Å². The maximum Gasteiger partial charge on any atom is 2.00 e. The van der Waals surface area contributed by atoms with Crippen LogP contribution >= 0.6 is 0 Å². The summed E-state index contributed by atoms with van der Waals surface area (Å²) in [7, 11) is -19.8. The monoisotopic (exact) mass is 1260 g/mol. The Balaban J connectivity index is -0.0000000750. The van der Waals surface area contributed by atoms with E-state index in [2.05, 4.69) is 123 Å². The van der Waals surface area contributed by atoms with Crippen molar-refractivity contribution < 1.29 is 172 Å². The van der Waals surface area contributed by atoms with Crippen LogP contribution in [0.4, 0.5) is 0 Å². The van der Waals surface area contributed by atoms with E-state index in [1.54, 1.807) is 0 Å². The molecule has 8 aromatic rings. The second-order valence-corrected chi connectivity index (χ2v) is 10.6. The number of hydrogen-bond donors (Lipinski definition) is 8. The molecule has 0 atom stereocenters. The van der Waals surface area contributed by atoms with Gasteiger partial charge in [-0.05, 0) is 41.7 Å². The molecule has 0 aliphatic heterocycles. The molecule has 0 saturated heterocycles. The van der Waals surface area contributed by atoms with Gasteiger partial charge in [0, 0.05) is 0 Å². The molecule has 0 fully saturated rings. The summed E-state index contributed by atoms with van der Waals surface area (Å²) >= 11 is 0. The van der Waals surface area contributed by atoms with Gasteiger partial charge in [-0.3, -0.25) is 0 Å². The Bertz CT molecular complexity index is 1640. The number of hydrogen-bond acceptors (Lipinski definition) is 48. The molecule has 0 aliphatic carbocycles. The molecule has 60 nitrogen and oxygen atoms in total. The molecule has 0 aliphatic rings. The Labute approximate surface area is 430 Å². The Kier molecular flexibility index (Phi) is 62.4. The third kappa shape index (κ3) is 110. The summed E-state index contributed by atoms with van der Waals surface area (Å²) in [6.45, 7) is 0. The number of tetrazole rings is 8. The maximum atomic E-state index is 8.49. The van der Waals surface area contributed by atoms with E-state index >= 15 is 0 Å². The van der Waals surface area contributed by atoms with Gasteiger partial charge in [0.2, 0.25) is 0 Å². The van der Waals surface area contributed by atoms with Gasteiger partial charge >= 0.3 is 34.1 Å². The van der Waals surface area contributed by atoms with Gasteiger partial charge in [-0.2, -0.15) is 0 Å². The predicted octanol–water partition coefficient (Wildman–Crippen LogP) is -35.6. The summed E-state index contributed by atoms with van der Waals surface area (Å²) in [6, 6.07) is 0. The average Bonchev–Trinajstić information content (AvgIpc) is 4.01. The van der Waals surface area contributed by atoms with Gasteiger partial charge in [-0.25, -0.2) is 74.5 Å². The standard InChI is InChI=1S/8CH3N5.4ClHO4.2Mn.4H2O/c8*2-6-4-1-3-5-6;4*2-1(3,4)5;;;;;;/h8*1H,2H2;4*(H,2,3,4,5);;;4*1H2/q;;;;;;;;;;;;2*+2;;;;. The largest absolute Gasteiger partial charge is 2.00 e. The third-order valence-corrected chi connectivity index (χ3v) is 2.92. The van der Waals surface area contributed by atoms with Crippen LogP contribution in [0.5, 0.6) is 0 Å². The topological polar surface area (TPSA) is 1060 Å². The number of halogens is 4. The van der Waals surface area contributed by atoms with E-state index < -0.39 is 41.0 Å². The fraction of sp³-hybridized carbons (Fsp3) is 0. The van der Waals surface area contributed by atoms with Crippen LogP contribution in [0.2, 0.25) is 0 Å². The minimum absolute atomic E-state index is 0. The minimum atomic E-state index is -4.94. The molecule has 28 N–H and O–H groups in total. The molecular formula is C8H36Cl4Mn2N40O20+4. The molecule has 0 spiro atoms. The van der Waals surface area contributed by atoms with Gasteiger partial charge in [0.05, 0.1) is 0 Å². The molecule has 0 unspecified atom stereocenters. The van der Waals surface area contributed by atoms with Gasteiger partial charge in [-0.1, -0.05) is 39.2 Å². The van der Waals surface area contributed by atoms with Crippen LogP contribution in [0.1, 0.15) is 0 Å². The van der Waals surface area contributed by atoms with Crippen molar-refractivity contribution >= 4 is 0 Å². The van der Waals surface area contributed by atoms with E-state index in [-0.39, 0.29) is 56.0 Å². The summed E-state index contributed by atoms with van der Waals surface area (Å²) < 4.78 is 136. The van der Waals surface area contributed by atoms with Crippen LogP contribution in [0.3, 0.4) is 0 Å². The van der Waals surface area contributed by atoms with E-state index in [9.17, 15) is 0 Å². The Morgan fingerprint density at radius 3 is 0.297 bits per heavy atom.